The number of para-hydroxylation sites is 1. The Labute approximate surface area is 119 Å². The summed E-state index contributed by atoms with van der Waals surface area (Å²) in [5.41, 5.74) is 1.23. The molecule has 0 saturated heterocycles. The largest absolute Gasteiger partial charge is 0.460 e. The minimum atomic E-state index is -0.500. The summed E-state index contributed by atoms with van der Waals surface area (Å²) in [6, 6.07) is 7.16. The Balaban J connectivity index is 2.31. The number of benzene rings is 1. The van der Waals surface area contributed by atoms with Crippen molar-refractivity contribution in [2.24, 2.45) is 0 Å². The molecular formula is C15H22N2O3. The molecule has 0 saturated carbocycles. The second kappa shape index (κ2) is 6.93. The minimum Gasteiger partial charge on any atom is -0.460 e. The summed E-state index contributed by atoms with van der Waals surface area (Å²) in [6.07, 6.45) is 0.151. The normalized spacial score (nSPS) is 10.8. The van der Waals surface area contributed by atoms with Crippen molar-refractivity contribution in [3.63, 3.8) is 0 Å². The van der Waals surface area contributed by atoms with Gasteiger partial charge in [0.25, 0.3) is 0 Å². The van der Waals surface area contributed by atoms with Gasteiger partial charge in [0.15, 0.2) is 0 Å². The Bertz CT molecular complexity index is 478. The number of nitrogens with one attached hydrogen (secondary N) is 2. The van der Waals surface area contributed by atoms with E-state index in [-0.39, 0.29) is 25.0 Å². The van der Waals surface area contributed by atoms with Crippen LogP contribution in [0.25, 0.3) is 0 Å². The monoisotopic (exact) mass is 278 g/mol. The average Bonchev–Trinajstić information content (AvgIpc) is 2.29. The van der Waals surface area contributed by atoms with Crippen molar-refractivity contribution in [2.45, 2.75) is 39.7 Å². The lowest BCUT2D eigenvalue weighted by Gasteiger charge is -2.19. The quantitative estimate of drug-likeness (QED) is 0.832. The van der Waals surface area contributed by atoms with E-state index >= 15 is 0 Å². The van der Waals surface area contributed by atoms with E-state index < -0.39 is 5.60 Å². The molecule has 0 bridgehead atoms. The molecule has 1 aromatic rings. The maximum atomic E-state index is 11.7. The summed E-state index contributed by atoms with van der Waals surface area (Å²) in [5.74, 6) is -0.325. The van der Waals surface area contributed by atoms with E-state index in [1.165, 1.54) is 0 Å². The molecule has 0 radical (unpaired) electrons. The SMILES string of the molecule is Cc1ccccc1NC(=O)NCCC(=O)OC(C)(C)C. The van der Waals surface area contributed by atoms with Crippen LogP contribution >= 0.6 is 0 Å². The fourth-order valence-electron chi connectivity index (χ4n) is 1.55. The van der Waals surface area contributed by atoms with Crippen LogP contribution in [0.15, 0.2) is 24.3 Å². The van der Waals surface area contributed by atoms with Crippen LogP contribution in [0, 0.1) is 6.92 Å². The van der Waals surface area contributed by atoms with E-state index in [1.807, 2.05) is 52.0 Å². The standard InChI is InChI=1S/C15H22N2O3/c1-11-7-5-6-8-12(11)17-14(19)16-10-9-13(18)20-15(2,3)4/h5-8H,9-10H2,1-4H3,(H2,16,17,19). The van der Waals surface area contributed by atoms with Crippen LogP contribution < -0.4 is 10.6 Å². The lowest BCUT2D eigenvalue weighted by atomic mass is 10.2. The van der Waals surface area contributed by atoms with Gasteiger partial charge in [-0.3, -0.25) is 4.79 Å². The fourth-order valence-corrected chi connectivity index (χ4v) is 1.55. The molecule has 0 heterocycles. The molecule has 1 rings (SSSR count). The van der Waals surface area contributed by atoms with E-state index in [9.17, 15) is 9.59 Å². The number of aryl methyl sites for hydroxylation is 1. The van der Waals surface area contributed by atoms with Crippen LogP contribution in [0.5, 0.6) is 0 Å². The van der Waals surface area contributed by atoms with Gasteiger partial charge in [0.1, 0.15) is 5.60 Å². The Kier molecular flexibility index (Phi) is 5.55. The van der Waals surface area contributed by atoms with Crippen molar-refractivity contribution in [3.8, 4) is 0 Å². The van der Waals surface area contributed by atoms with Crippen molar-refractivity contribution >= 4 is 17.7 Å². The number of ether oxygens (including phenoxy) is 1. The third kappa shape index (κ3) is 6.22. The van der Waals surface area contributed by atoms with Crippen molar-refractivity contribution in [1.29, 1.82) is 0 Å². The van der Waals surface area contributed by atoms with Crippen LogP contribution in [0.4, 0.5) is 10.5 Å². The molecule has 0 fully saturated rings. The van der Waals surface area contributed by atoms with Gasteiger partial charge >= 0.3 is 12.0 Å². The van der Waals surface area contributed by atoms with Crippen LogP contribution in [0.2, 0.25) is 0 Å². The first-order valence-electron chi connectivity index (χ1n) is 6.60. The van der Waals surface area contributed by atoms with Gasteiger partial charge in [0, 0.05) is 12.2 Å². The molecule has 5 heteroatoms. The molecule has 1 aromatic carbocycles. The summed E-state index contributed by atoms with van der Waals surface area (Å²) in [5, 5.41) is 5.35. The van der Waals surface area contributed by atoms with Gasteiger partial charge in [-0.1, -0.05) is 18.2 Å². The Morgan fingerprint density at radius 1 is 1.20 bits per heavy atom. The summed E-state index contributed by atoms with van der Waals surface area (Å²) in [4.78, 5) is 23.1. The maximum Gasteiger partial charge on any atom is 0.319 e. The number of carbonyl (C=O) groups is 2. The Hall–Kier alpha value is -2.04. The second-order valence-electron chi connectivity index (χ2n) is 5.53. The van der Waals surface area contributed by atoms with Crippen LogP contribution in [-0.4, -0.2) is 24.1 Å². The Morgan fingerprint density at radius 2 is 1.85 bits per heavy atom. The highest BCUT2D eigenvalue weighted by Gasteiger charge is 2.16. The topological polar surface area (TPSA) is 67.4 Å². The number of hydrogen-bond donors (Lipinski definition) is 2. The molecule has 0 aliphatic carbocycles. The maximum absolute atomic E-state index is 11.7. The number of rotatable bonds is 4. The van der Waals surface area contributed by atoms with Gasteiger partial charge in [-0.05, 0) is 39.3 Å². The first-order chi connectivity index (χ1) is 9.28. The molecule has 0 unspecified atom stereocenters. The number of amides is 2. The second-order valence-corrected chi connectivity index (χ2v) is 5.53. The summed E-state index contributed by atoms with van der Waals surface area (Å²) >= 11 is 0. The van der Waals surface area contributed by atoms with Crippen molar-refractivity contribution in [1.82, 2.24) is 5.32 Å². The first kappa shape index (κ1) is 16.0. The number of carbonyl (C=O) groups excluding carboxylic acids is 2. The number of esters is 1. The zero-order chi connectivity index (χ0) is 15.2. The molecule has 20 heavy (non-hydrogen) atoms. The van der Waals surface area contributed by atoms with Crippen LogP contribution in [-0.2, 0) is 9.53 Å². The summed E-state index contributed by atoms with van der Waals surface area (Å²) in [7, 11) is 0. The number of anilines is 1. The predicted molar refractivity (Wildman–Crippen MR) is 78.7 cm³/mol. The molecule has 110 valence electrons. The van der Waals surface area contributed by atoms with Crippen LogP contribution in [0.1, 0.15) is 32.8 Å². The Morgan fingerprint density at radius 3 is 2.45 bits per heavy atom. The van der Waals surface area contributed by atoms with Crippen molar-refractivity contribution < 1.29 is 14.3 Å². The average molecular weight is 278 g/mol. The van der Waals surface area contributed by atoms with Crippen LogP contribution in [0.3, 0.4) is 0 Å². The van der Waals surface area contributed by atoms with Gasteiger partial charge < -0.3 is 15.4 Å². The van der Waals surface area contributed by atoms with E-state index in [4.69, 9.17) is 4.74 Å². The molecule has 0 atom stereocenters. The zero-order valence-corrected chi connectivity index (χ0v) is 12.4. The molecule has 5 nitrogen and oxygen atoms in total. The molecule has 2 amide bonds. The summed E-state index contributed by atoms with van der Waals surface area (Å²) < 4.78 is 5.15. The van der Waals surface area contributed by atoms with E-state index in [0.717, 1.165) is 11.3 Å². The fraction of sp³-hybridized carbons (Fsp3) is 0.467. The van der Waals surface area contributed by atoms with E-state index in [1.54, 1.807) is 0 Å². The highest BCUT2D eigenvalue weighted by Crippen LogP contribution is 2.12. The zero-order valence-electron chi connectivity index (χ0n) is 12.4. The number of hydrogen-bond acceptors (Lipinski definition) is 3. The molecular weight excluding hydrogens is 256 g/mol. The van der Waals surface area contributed by atoms with Gasteiger partial charge in [-0.25, -0.2) is 4.79 Å². The van der Waals surface area contributed by atoms with Crippen molar-refractivity contribution in [2.75, 3.05) is 11.9 Å². The molecule has 2 N–H and O–H groups in total. The van der Waals surface area contributed by atoms with E-state index in [2.05, 4.69) is 10.6 Å². The lowest BCUT2D eigenvalue weighted by Crippen LogP contribution is -2.32. The van der Waals surface area contributed by atoms with Gasteiger partial charge in [0.2, 0.25) is 0 Å². The third-order valence-corrected chi connectivity index (χ3v) is 2.43. The number of urea groups is 1. The molecule has 0 aliphatic rings. The first-order valence-corrected chi connectivity index (χ1v) is 6.60. The molecule has 0 aromatic heterocycles. The highest BCUT2D eigenvalue weighted by atomic mass is 16.6. The van der Waals surface area contributed by atoms with Gasteiger partial charge in [-0.15, -0.1) is 0 Å². The summed E-state index contributed by atoms with van der Waals surface area (Å²) in [6.45, 7) is 7.58. The highest BCUT2D eigenvalue weighted by molar-refractivity contribution is 5.90. The minimum absolute atomic E-state index is 0.151. The molecule has 0 spiro atoms. The van der Waals surface area contributed by atoms with Gasteiger partial charge in [0.05, 0.1) is 6.42 Å². The third-order valence-electron chi connectivity index (χ3n) is 2.43. The predicted octanol–water partition coefficient (Wildman–Crippen LogP) is 2.85. The smallest absolute Gasteiger partial charge is 0.319 e. The van der Waals surface area contributed by atoms with Gasteiger partial charge in [-0.2, -0.15) is 0 Å². The van der Waals surface area contributed by atoms with Crippen molar-refractivity contribution in [3.05, 3.63) is 29.8 Å². The lowest BCUT2D eigenvalue weighted by molar-refractivity contribution is -0.154. The van der Waals surface area contributed by atoms with E-state index in [0.29, 0.717) is 0 Å². The molecule has 0 aliphatic heterocycles.